The SMILES string of the molecule is C[Si](=O)[SiH](C)C. The molecule has 0 aromatic carbocycles. The van der Waals surface area contributed by atoms with Gasteiger partial charge in [0.05, 0.1) is 8.31 Å². The molecular formula is C3H10OSi2. The van der Waals surface area contributed by atoms with E-state index in [0.29, 0.717) is 0 Å². The van der Waals surface area contributed by atoms with Gasteiger partial charge in [-0.1, -0.05) is 13.1 Å². The fourth-order valence-electron chi connectivity index (χ4n) is 0. The summed E-state index contributed by atoms with van der Waals surface area (Å²) in [5.41, 5.74) is 0. The van der Waals surface area contributed by atoms with Crippen LogP contribution in [0, 0.1) is 0 Å². The van der Waals surface area contributed by atoms with Crippen LogP contribution in [0.25, 0.3) is 0 Å². The third kappa shape index (κ3) is 2.47. The van der Waals surface area contributed by atoms with Gasteiger partial charge in [-0.15, -0.1) is 0 Å². The molecule has 0 spiro atoms. The minimum Gasteiger partial charge on any atom is -0.393 e. The highest BCUT2D eigenvalue weighted by Gasteiger charge is 2.01. The Hall–Kier alpha value is 0.234. The van der Waals surface area contributed by atoms with E-state index in [1.54, 1.807) is 0 Å². The van der Waals surface area contributed by atoms with E-state index in [1.165, 1.54) is 0 Å². The lowest BCUT2D eigenvalue weighted by Crippen LogP contribution is -2.14. The molecule has 0 aliphatic heterocycles. The first-order valence-corrected chi connectivity index (χ1v) is 8.17. The monoisotopic (exact) mass is 118 g/mol. The second-order valence-electron chi connectivity index (χ2n) is 1.77. The standard InChI is InChI=1S/C3H10OSi2/c1-5(2)6(3)4/h5H,1-3H3. The smallest absolute Gasteiger partial charge is 0.248 e. The first-order valence-electron chi connectivity index (χ1n) is 2.15. The quantitative estimate of drug-likeness (QED) is 0.461. The fraction of sp³-hybridized carbons (Fsp3) is 1.00. The summed E-state index contributed by atoms with van der Waals surface area (Å²) in [7, 11) is -1.76. The first kappa shape index (κ1) is 6.23. The van der Waals surface area contributed by atoms with Crippen molar-refractivity contribution in [3.8, 4) is 0 Å². The Kier molecular flexibility index (Phi) is 2.51. The Balaban J connectivity index is 3.26. The van der Waals surface area contributed by atoms with Crippen molar-refractivity contribution in [3.63, 3.8) is 0 Å². The fourth-order valence-corrected chi connectivity index (χ4v) is 0. The summed E-state index contributed by atoms with van der Waals surface area (Å²) < 4.78 is 10.4. The number of hydrogen-bond acceptors (Lipinski definition) is 1. The normalized spacial score (nSPS) is 9.33. The topological polar surface area (TPSA) is 17.1 Å². The first-order chi connectivity index (χ1) is 2.64. The maximum atomic E-state index is 10.4. The number of rotatable bonds is 1. The molecule has 0 aliphatic carbocycles. The molecular weight excluding hydrogens is 108 g/mol. The zero-order chi connectivity index (χ0) is 5.15. The van der Waals surface area contributed by atoms with Gasteiger partial charge in [0.15, 0.2) is 0 Å². The molecule has 0 rings (SSSR count). The van der Waals surface area contributed by atoms with Crippen LogP contribution in [0.15, 0.2) is 0 Å². The Labute approximate surface area is 41.4 Å². The molecule has 0 saturated carbocycles. The molecule has 0 radical (unpaired) electrons. The second kappa shape index (κ2) is 2.41. The molecule has 3 heteroatoms. The van der Waals surface area contributed by atoms with Crippen LogP contribution < -0.4 is 0 Å². The molecule has 6 heavy (non-hydrogen) atoms. The summed E-state index contributed by atoms with van der Waals surface area (Å²) in [6.07, 6.45) is 0. The van der Waals surface area contributed by atoms with Crippen LogP contribution in [-0.2, 0) is 4.46 Å². The molecule has 0 fully saturated rings. The van der Waals surface area contributed by atoms with Gasteiger partial charge < -0.3 is 4.46 Å². The Morgan fingerprint density at radius 2 is 1.67 bits per heavy atom. The Morgan fingerprint density at radius 1 is 1.50 bits per heavy atom. The van der Waals surface area contributed by atoms with Gasteiger partial charge in [-0.2, -0.15) is 0 Å². The maximum Gasteiger partial charge on any atom is 0.248 e. The van der Waals surface area contributed by atoms with Crippen LogP contribution in [-0.4, -0.2) is 16.5 Å². The third-order valence-electron chi connectivity index (χ3n) is 0.813. The third-order valence-corrected chi connectivity index (χ3v) is 7.32. The molecule has 0 bridgehead atoms. The highest BCUT2D eigenvalue weighted by molar-refractivity contribution is 7.13. The van der Waals surface area contributed by atoms with Crippen LogP contribution in [0.4, 0.5) is 0 Å². The van der Waals surface area contributed by atoms with E-state index in [0.717, 1.165) is 0 Å². The van der Waals surface area contributed by atoms with Crippen LogP contribution in [0.5, 0.6) is 0 Å². The molecule has 0 amide bonds. The second-order valence-corrected chi connectivity index (χ2v) is 11.2. The summed E-state index contributed by atoms with van der Waals surface area (Å²) in [6, 6.07) is 0. The molecule has 0 aliphatic rings. The van der Waals surface area contributed by atoms with Gasteiger partial charge in [-0.3, -0.25) is 0 Å². The summed E-state index contributed by atoms with van der Waals surface area (Å²) >= 11 is 0. The van der Waals surface area contributed by atoms with Crippen LogP contribution in [0.2, 0.25) is 19.6 Å². The Bertz CT molecular complexity index is 59.8. The van der Waals surface area contributed by atoms with E-state index in [4.69, 9.17) is 0 Å². The molecule has 0 atom stereocenters. The molecule has 0 heterocycles. The number of hydrogen-bond donors (Lipinski definition) is 0. The lowest BCUT2D eigenvalue weighted by Gasteiger charge is -1.85. The Morgan fingerprint density at radius 3 is 1.67 bits per heavy atom. The van der Waals surface area contributed by atoms with Crippen molar-refractivity contribution in [1.29, 1.82) is 0 Å². The molecule has 36 valence electrons. The van der Waals surface area contributed by atoms with Crippen molar-refractivity contribution in [3.05, 3.63) is 0 Å². The van der Waals surface area contributed by atoms with Gasteiger partial charge in [-0.05, 0) is 6.55 Å². The van der Waals surface area contributed by atoms with E-state index >= 15 is 0 Å². The molecule has 0 aromatic heterocycles. The van der Waals surface area contributed by atoms with Gasteiger partial charge in [0, 0.05) is 0 Å². The van der Waals surface area contributed by atoms with E-state index in [-0.39, 0.29) is 0 Å². The van der Waals surface area contributed by atoms with Crippen LogP contribution >= 0.6 is 0 Å². The van der Waals surface area contributed by atoms with E-state index in [1.807, 2.05) is 6.55 Å². The molecule has 0 aromatic rings. The molecule has 0 unspecified atom stereocenters. The van der Waals surface area contributed by atoms with Crippen molar-refractivity contribution < 1.29 is 4.46 Å². The minimum absolute atomic E-state index is 0.698. The van der Waals surface area contributed by atoms with Gasteiger partial charge in [0.1, 0.15) is 0 Å². The van der Waals surface area contributed by atoms with E-state index in [2.05, 4.69) is 13.1 Å². The lowest BCUT2D eigenvalue weighted by molar-refractivity contribution is 0.575. The minimum atomic E-state index is -1.06. The highest BCUT2D eigenvalue weighted by Crippen LogP contribution is 1.75. The predicted octanol–water partition coefficient (Wildman–Crippen LogP) is 0.603. The van der Waals surface area contributed by atoms with Crippen molar-refractivity contribution in [2.45, 2.75) is 19.6 Å². The highest BCUT2D eigenvalue weighted by atomic mass is 29.2. The van der Waals surface area contributed by atoms with Crippen LogP contribution in [0.1, 0.15) is 0 Å². The zero-order valence-corrected chi connectivity index (χ0v) is 6.64. The zero-order valence-electron chi connectivity index (χ0n) is 4.49. The van der Waals surface area contributed by atoms with Crippen molar-refractivity contribution in [1.82, 2.24) is 0 Å². The van der Waals surface area contributed by atoms with Crippen molar-refractivity contribution in [2.75, 3.05) is 0 Å². The molecule has 0 saturated heterocycles. The van der Waals surface area contributed by atoms with Gasteiger partial charge in [-0.25, -0.2) is 0 Å². The van der Waals surface area contributed by atoms with E-state index in [9.17, 15) is 4.46 Å². The average Bonchev–Trinajstić information content (AvgIpc) is 1.36. The summed E-state index contributed by atoms with van der Waals surface area (Å²) in [6.45, 7) is 6.07. The van der Waals surface area contributed by atoms with Gasteiger partial charge >= 0.3 is 0 Å². The largest absolute Gasteiger partial charge is 0.393 e. The van der Waals surface area contributed by atoms with Crippen molar-refractivity contribution >= 4 is 16.5 Å². The van der Waals surface area contributed by atoms with Gasteiger partial charge in [0.25, 0.3) is 0 Å². The van der Waals surface area contributed by atoms with Gasteiger partial charge in [0.2, 0.25) is 8.20 Å². The average molecular weight is 118 g/mol. The summed E-state index contributed by atoms with van der Waals surface area (Å²) in [5, 5.41) is 0. The van der Waals surface area contributed by atoms with E-state index < -0.39 is 16.5 Å². The van der Waals surface area contributed by atoms with Crippen molar-refractivity contribution in [2.24, 2.45) is 0 Å². The molecule has 0 N–H and O–H groups in total. The summed E-state index contributed by atoms with van der Waals surface area (Å²) in [5.74, 6) is 0. The predicted molar refractivity (Wildman–Crippen MR) is 31.2 cm³/mol. The summed E-state index contributed by atoms with van der Waals surface area (Å²) in [4.78, 5) is 0. The maximum absolute atomic E-state index is 10.4. The van der Waals surface area contributed by atoms with Crippen LogP contribution in [0.3, 0.4) is 0 Å². The molecule has 1 nitrogen and oxygen atoms in total. The lowest BCUT2D eigenvalue weighted by atomic mass is 11.9.